The molecule has 0 bridgehead atoms. The molecule has 0 fully saturated rings. The average Bonchev–Trinajstić information content (AvgIpc) is 2.33. The molecule has 6 heteroatoms. The van der Waals surface area contributed by atoms with Gasteiger partial charge in [-0.1, -0.05) is 12.1 Å². The molecule has 19 heavy (non-hydrogen) atoms. The molecule has 0 aliphatic rings. The summed E-state index contributed by atoms with van der Waals surface area (Å²) in [6.45, 7) is 1.77. The highest BCUT2D eigenvalue weighted by molar-refractivity contribution is 7.92. The summed E-state index contributed by atoms with van der Waals surface area (Å²) in [7, 11) is -3.80. The highest BCUT2D eigenvalue weighted by atomic mass is 32.2. The van der Waals surface area contributed by atoms with E-state index in [-0.39, 0.29) is 10.6 Å². The van der Waals surface area contributed by atoms with Gasteiger partial charge in [-0.05, 0) is 36.8 Å². The highest BCUT2D eigenvalue weighted by Crippen LogP contribution is 2.26. The van der Waals surface area contributed by atoms with Crippen molar-refractivity contribution >= 4 is 15.7 Å². The summed E-state index contributed by atoms with van der Waals surface area (Å²) in [5.74, 6) is -1.10. The predicted molar refractivity (Wildman–Crippen MR) is 70.1 cm³/mol. The van der Waals surface area contributed by atoms with Gasteiger partial charge in [-0.2, -0.15) is 0 Å². The van der Waals surface area contributed by atoms with Gasteiger partial charge in [-0.3, -0.25) is 4.72 Å². The van der Waals surface area contributed by atoms with Crippen molar-refractivity contribution in [2.75, 3.05) is 4.72 Å². The van der Waals surface area contributed by atoms with Crippen LogP contribution in [0.3, 0.4) is 0 Å². The van der Waals surface area contributed by atoms with Crippen molar-refractivity contribution in [1.29, 1.82) is 0 Å². The molecular weight excluding hydrogens is 269 g/mol. The first-order chi connectivity index (χ1) is 8.88. The van der Waals surface area contributed by atoms with E-state index in [1.165, 1.54) is 12.1 Å². The number of rotatable bonds is 3. The summed E-state index contributed by atoms with van der Waals surface area (Å²) >= 11 is 0. The second-order valence-electron chi connectivity index (χ2n) is 4.08. The van der Waals surface area contributed by atoms with Crippen molar-refractivity contribution in [2.24, 2.45) is 0 Å². The maximum atomic E-state index is 12.8. The second kappa shape index (κ2) is 4.89. The van der Waals surface area contributed by atoms with E-state index < -0.39 is 21.6 Å². The fourth-order valence-electron chi connectivity index (χ4n) is 1.58. The maximum absolute atomic E-state index is 12.8. The molecule has 2 N–H and O–H groups in total. The van der Waals surface area contributed by atoms with Crippen LogP contribution in [-0.2, 0) is 10.0 Å². The van der Waals surface area contributed by atoms with Crippen molar-refractivity contribution < 1.29 is 17.9 Å². The van der Waals surface area contributed by atoms with E-state index in [4.69, 9.17) is 0 Å². The fourth-order valence-corrected chi connectivity index (χ4v) is 2.76. The maximum Gasteiger partial charge on any atom is 0.262 e. The molecule has 2 rings (SSSR count). The molecule has 0 radical (unpaired) electrons. The number of phenols is 1. The Labute approximate surface area is 110 Å². The number of aromatic hydroxyl groups is 1. The molecule has 0 atom stereocenters. The smallest absolute Gasteiger partial charge is 0.262 e. The summed E-state index contributed by atoms with van der Waals surface area (Å²) in [5, 5.41) is 9.49. The SMILES string of the molecule is Cc1cccc(S(=O)(=O)Nc2ccc(F)cc2O)c1. The number of hydrogen-bond acceptors (Lipinski definition) is 3. The molecule has 0 unspecified atom stereocenters. The second-order valence-corrected chi connectivity index (χ2v) is 5.77. The number of halogens is 1. The lowest BCUT2D eigenvalue weighted by atomic mass is 10.2. The van der Waals surface area contributed by atoms with Crippen molar-refractivity contribution in [3.8, 4) is 5.75 Å². The molecule has 100 valence electrons. The standard InChI is InChI=1S/C13H12FNO3S/c1-9-3-2-4-11(7-9)19(17,18)15-12-6-5-10(14)8-13(12)16/h2-8,15-16H,1H3. The van der Waals surface area contributed by atoms with Crippen molar-refractivity contribution in [1.82, 2.24) is 0 Å². The molecule has 2 aromatic carbocycles. The zero-order valence-corrected chi connectivity index (χ0v) is 10.9. The third-order valence-electron chi connectivity index (χ3n) is 2.50. The van der Waals surface area contributed by atoms with Crippen LogP contribution in [0.4, 0.5) is 10.1 Å². The van der Waals surface area contributed by atoms with Crippen LogP contribution in [0.5, 0.6) is 5.75 Å². The first-order valence-electron chi connectivity index (χ1n) is 5.46. The lowest BCUT2D eigenvalue weighted by Crippen LogP contribution is -2.13. The van der Waals surface area contributed by atoms with Crippen LogP contribution >= 0.6 is 0 Å². The zero-order chi connectivity index (χ0) is 14.0. The normalized spacial score (nSPS) is 11.3. The van der Waals surface area contributed by atoms with E-state index in [0.29, 0.717) is 0 Å². The van der Waals surface area contributed by atoms with E-state index in [1.54, 1.807) is 19.1 Å². The topological polar surface area (TPSA) is 66.4 Å². The van der Waals surface area contributed by atoms with Gasteiger partial charge in [-0.15, -0.1) is 0 Å². The van der Waals surface area contributed by atoms with E-state index in [0.717, 1.165) is 23.8 Å². The lowest BCUT2D eigenvalue weighted by Gasteiger charge is -2.10. The molecule has 0 heterocycles. The predicted octanol–water partition coefficient (Wildman–Crippen LogP) is 2.64. The Hall–Kier alpha value is -2.08. The molecule has 0 spiro atoms. The first kappa shape index (κ1) is 13.4. The monoisotopic (exact) mass is 281 g/mol. The van der Waals surface area contributed by atoms with Gasteiger partial charge in [0.25, 0.3) is 10.0 Å². The Morgan fingerprint density at radius 3 is 2.53 bits per heavy atom. The summed E-state index contributed by atoms with van der Waals surface area (Å²) < 4.78 is 39.2. The van der Waals surface area contributed by atoms with Crippen LogP contribution in [0.15, 0.2) is 47.4 Å². The van der Waals surface area contributed by atoms with E-state index in [9.17, 15) is 17.9 Å². The molecule has 0 saturated carbocycles. The Balaban J connectivity index is 2.36. The molecule has 2 aromatic rings. The van der Waals surface area contributed by atoms with Crippen molar-refractivity contribution in [2.45, 2.75) is 11.8 Å². The Morgan fingerprint density at radius 1 is 1.16 bits per heavy atom. The van der Waals surface area contributed by atoms with E-state index >= 15 is 0 Å². The van der Waals surface area contributed by atoms with Gasteiger partial charge in [-0.25, -0.2) is 12.8 Å². The lowest BCUT2D eigenvalue weighted by molar-refractivity contribution is 0.471. The molecule has 0 amide bonds. The zero-order valence-electron chi connectivity index (χ0n) is 10.1. The number of benzene rings is 2. The number of anilines is 1. The minimum absolute atomic E-state index is 0.0668. The third kappa shape index (κ3) is 3.03. The van der Waals surface area contributed by atoms with Gasteiger partial charge in [0.1, 0.15) is 11.6 Å². The summed E-state index contributed by atoms with van der Waals surface area (Å²) in [6.07, 6.45) is 0. The molecule has 0 aromatic heterocycles. The summed E-state index contributed by atoms with van der Waals surface area (Å²) in [6, 6.07) is 9.40. The van der Waals surface area contributed by atoms with Crippen LogP contribution in [0.25, 0.3) is 0 Å². The number of nitrogens with one attached hydrogen (secondary N) is 1. The molecular formula is C13H12FNO3S. The largest absolute Gasteiger partial charge is 0.506 e. The van der Waals surface area contributed by atoms with Gasteiger partial charge in [0.05, 0.1) is 10.6 Å². The van der Waals surface area contributed by atoms with Crippen LogP contribution in [0.1, 0.15) is 5.56 Å². The van der Waals surface area contributed by atoms with Crippen LogP contribution in [0.2, 0.25) is 0 Å². The van der Waals surface area contributed by atoms with Crippen molar-refractivity contribution in [3.63, 3.8) is 0 Å². The van der Waals surface area contributed by atoms with E-state index in [1.807, 2.05) is 0 Å². The van der Waals surface area contributed by atoms with Gasteiger partial charge >= 0.3 is 0 Å². The first-order valence-corrected chi connectivity index (χ1v) is 6.95. The molecule has 0 aliphatic heterocycles. The van der Waals surface area contributed by atoms with Gasteiger partial charge in [0.15, 0.2) is 0 Å². The quantitative estimate of drug-likeness (QED) is 0.850. The molecule has 0 aliphatic carbocycles. The van der Waals surface area contributed by atoms with Crippen LogP contribution in [0, 0.1) is 12.7 Å². The Bertz CT molecular complexity index is 714. The molecule has 0 saturated heterocycles. The summed E-state index contributed by atoms with van der Waals surface area (Å²) in [5.41, 5.74) is 0.731. The van der Waals surface area contributed by atoms with Crippen molar-refractivity contribution in [3.05, 3.63) is 53.8 Å². The number of aryl methyl sites for hydroxylation is 1. The Morgan fingerprint density at radius 2 is 1.89 bits per heavy atom. The van der Waals surface area contributed by atoms with Gasteiger partial charge in [0.2, 0.25) is 0 Å². The Kier molecular flexibility index (Phi) is 3.44. The highest BCUT2D eigenvalue weighted by Gasteiger charge is 2.16. The van der Waals surface area contributed by atoms with E-state index in [2.05, 4.69) is 4.72 Å². The summed E-state index contributed by atoms with van der Waals surface area (Å²) in [4.78, 5) is 0.0798. The van der Waals surface area contributed by atoms with Gasteiger partial charge in [0, 0.05) is 6.07 Å². The minimum Gasteiger partial charge on any atom is -0.506 e. The number of phenolic OH excluding ortho intramolecular Hbond substituents is 1. The number of sulfonamides is 1. The van der Waals surface area contributed by atoms with Gasteiger partial charge < -0.3 is 5.11 Å². The fraction of sp³-hybridized carbons (Fsp3) is 0.0769. The molecule has 4 nitrogen and oxygen atoms in total. The third-order valence-corrected chi connectivity index (χ3v) is 3.87. The van der Waals surface area contributed by atoms with Crippen LogP contribution < -0.4 is 4.72 Å². The minimum atomic E-state index is -3.80. The number of hydrogen-bond donors (Lipinski definition) is 2. The van der Waals surface area contributed by atoms with Crippen LogP contribution in [-0.4, -0.2) is 13.5 Å². The average molecular weight is 281 g/mol.